The number of nitriles is 1. The second kappa shape index (κ2) is 15.3. The molecule has 0 unspecified atom stereocenters. The Kier molecular flexibility index (Phi) is 12.4. The van der Waals surface area contributed by atoms with Crippen LogP contribution in [0.3, 0.4) is 0 Å². The third kappa shape index (κ3) is 9.08. The Hall–Kier alpha value is -2.75. The summed E-state index contributed by atoms with van der Waals surface area (Å²) in [6.07, 6.45) is 12.6. The summed E-state index contributed by atoms with van der Waals surface area (Å²) in [5, 5.41) is 25.2. The first-order chi connectivity index (χ1) is 16.9. The minimum atomic E-state index is -1.10. The van der Waals surface area contributed by atoms with E-state index in [2.05, 4.69) is 61.4 Å². The van der Waals surface area contributed by atoms with Gasteiger partial charge in [0.2, 0.25) is 11.7 Å². The fourth-order valence-electron chi connectivity index (χ4n) is 4.33. The van der Waals surface area contributed by atoms with Gasteiger partial charge in [0, 0.05) is 5.69 Å². The molecule has 2 rings (SSSR count). The lowest BCUT2D eigenvalue weighted by atomic mass is 9.92. The summed E-state index contributed by atoms with van der Waals surface area (Å²) in [6.45, 7) is 11.3. The molecule has 0 aliphatic carbocycles. The summed E-state index contributed by atoms with van der Waals surface area (Å²) >= 11 is 0. The molecule has 35 heavy (non-hydrogen) atoms. The Balaban J connectivity index is 1.89. The first-order valence-electron chi connectivity index (χ1n) is 13.5. The molecule has 0 saturated carbocycles. The van der Waals surface area contributed by atoms with Crippen LogP contribution in [-0.2, 0) is 11.3 Å². The zero-order chi connectivity index (χ0) is 25.6. The molecule has 0 aliphatic rings. The van der Waals surface area contributed by atoms with Gasteiger partial charge in [-0.15, -0.1) is 10.2 Å². The molecular weight excluding hydrogens is 436 g/mol. The van der Waals surface area contributed by atoms with Gasteiger partial charge in [0.25, 0.3) is 0 Å². The highest BCUT2D eigenvalue weighted by molar-refractivity contribution is 5.98. The van der Waals surface area contributed by atoms with E-state index in [9.17, 15) is 10.1 Å². The first-order valence-corrected chi connectivity index (χ1v) is 13.5. The fraction of sp³-hybridized carbons (Fsp3) is 0.679. The van der Waals surface area contributed by atoms with E-state index in [0.717, 1.165) is 29.7 Å². The molecule has 0 saturated heterocycles. The number of rotatable bonds is 16. The zero-order valence-corrected chi connectivity index (χ0v) is 22.4. The molecule has 2 aromatic rings. The number of carbonyl (C=O) groups excluding carboxylic acids is 1. The number of nitrogens with zero attached hydrogens (tertiary/aromatic N) is 5. The Morgan fingerprint density at radius 3 is 2.00 bits per heavy atom. The standard InChI is InChI=1S/C28H44N6O/c1-6-7-8-9-10-11-12-13-14-15-19-34-32-27(31-33-34)25(20-29)28(35)30-26-23(21(2)3)17-16-18-24(26)22(4)5/h16-18,21-22,25H,6-15,19H2,1-5H3,(H,30,35)/t25-/m0/s1. The number of hydrogen-bond donors (Lipinski definition) is 1. The minimum absolute atomic E-state index is 0.158. The summed E-state index contributed by atoms with van der Waals surface area (Å²) < 4.78 is 0. The summed E-state index contributed by atoms with van der Waals surface area (Å²) in [5.74, 6) is -0.878. The molecule has 192 valence electrons. The second-order valence-electron chi connectivity index (χ2n) is 10.1. The Labute approximate surface area is 211 Å². The van der Waals surface area contributed by atoms with Crippen molar-refractivity contribution in [2.45, 2.75) is 123 Å². The van der Waals surface area contributed by atoms with Gasteiger partial charge >= 0.3 is 0 Å². The summed E-state index contributed by atoms with van der Waals surface area (Å²) in [7, 11) is 0. The number of tetrazole rings is 1. The van der Waals surface area contributed by atoms with Crippen LogP contribution in [0.5, 0.6) is 0 Å². The van der Waals surface area contributed by atoms with Crippen molar-refractivity contribution in [3.05, 3.63) is 35.2 Å². The quantitative estimate of drug-likeness (QED) is 0.259. The van der Waals surface area contributed by atoms with E-state index in [-0.39, 0.29) is 17.7 Å². The first kappa shape index (κ1) is 28.5. The summed E-state index contributed by atoms with van der Waals surface area (Å²) in [5.41, 5.74) is 2.90. The van der Waals surface area contributed by atoms with Gasteiger partial charge in [-0.3, -0.25) is 4.79 Å². The number of amides is 1. The molecule has 1 N–H and O–H groups in total. The third-order valence-corrected chi connectivity index (χ3v) is 6.45. The molecule has 0 radical (unpaired) electrons. The highest BCUT2D eigenvalue weighted by atomic mass is 16.2. The van der Waals surface area contributed by atoms with Crippen LogP contribution in [-0.4, -0.2) is 26.1 Å². The molecule has 0 bridgehead atoms. The molecule has 1 heterocycles. The number of benzene rings is 1. The van der Waals surface area contributed by atoms with Crippen LogP contribution in [0, 0.1) is 11.3 Å². The lowest BCUT2D eigenvalue weighted by Gasteiger charge is -2.20. The van der Waals surface area contributed by atoms with Crippen molar-refractivity contribution in [3.8, 4) is 6.07 Å². The van der Waals surface area contributed by atoms with Crippen LogP contribution < -0.4 is 5.32 Å². The number of aromatic nitrogens is 4. The molecule has 0 aliphatic heterocycles. The lowest BCUT2D eigenvalue weighted by Crippen LogP contribution is -2.23. The Morgan fingerprint density at radius 1 is 0.943 bits per heavy atom. The molecule has 1 aromatic carbocycles. The smallest absolute Gasteiger partial charge is 0.249 e. The number of anilines is 1. The van der Waals surface area contributed by atoms with E-state index in [0.29, 0.717) is 6.54 Å². The number of unbranched alkanes of at least 4 members (excludes halogenated alkanes) is 9. The van der Waals surface area contributed by atoms with Crippen LogP contribution in [0.1, 0.15) is 134 Å². The average molecular weight is 481 g/mol. The highest BCUT2D eigenvalue weighted by Crippen LogP contribution is 2.33. The Morgan fingerprint density at radius 2 is 1.49 bits per heavy atom. The van der Waals surface area contributed by atoms with Gasteiger partial charge in [0.05, 0.1) is 12.6 Å². The summed E-state index contributed by atoms with van der Waals surface area (Å²) in [6, 6.07) is 8.13. The van der Waals surface area contributed by atoms with Crippen molar-refractivity contribution in [2.24, 2.45) is 0 Å². The monoisotopic (exact) mass is 480 g/mol. The van der Waals surface area contributed by atoms with Crippen molar-refractivity contribution in [2.75, 3.05) is 5.32 Å². The topological polar surface area (TPSA) is 96.5 Å². The van der Waals surface area contributed by atoms with Gasteiger partial charge in [-0.05, 0) is 34.6 Å². The largest absolute Gasteiger partial charge is 0.324 e. The Bertz CT molecular complexity index is 917. The number of para-hydroxylation sites is 1. The van der Waals surface area contributed by atoms with E-state index in [1.54, 1.807) is 0 Å². The third-order valence-electron chi connectivity index (χ3n) is 6.45. The van der Waals surface area contributed by atoms with E-state index in [4.69, 9.17) is 0 Å². The van der Waals surface area contributed by atoms with Gasteiger partial charge in [0.15, 0.2) is 5.92 Å². The van der Waals surface area contributed by atoms with Crippen LogP contribution >= 0.6 is 0 Å². The minimum Gasteiger partial charge on any atom is -0.324 e. The number of hydrogen-bond acceptors (Lipinski definition) is 5. The molecule has 1 aromatic heterocycles. The number of nitrogens with one attached hydrogen (secondary N) is 1. The van der Waals surface area contributed by atoms with E-state index < -0.39 is 11.8 Å². The maximum atomic E-state index is 13.1. The van der Waals surface area contributed by atoms with Crippen LogP contribution in [0.25, 0.3) is 0 Å². The maximum Gasteiger partial charge on any atom is 0.249 e. The van der Waals surface area contributed by atoms with E-state index >= 15 is 0 Å². The SMILES string of the molecule is CCCCCCCCCCCCn1nnc([C@H](C#N)C(=O)Nc2c(C(C)C)cccc2C(C)C)n1. The molecular formula is C28H44N6O. The predicted molar refractivity (Wildman–Crippen MR) is 141 cm³/mol. The van der Waals surface area contributed by atoms with Crippen molar-refractivity contribution < 1.29 is 4.79 Å². The van der Waals surface area contributed by atoms with Crippen molar-refractivity contribution in [1.29, 1.82) is 5.26 Å². The maximum absolute atomic E-state index is 13.1. The van der Waals surface area contributed by atoms with E-state index in [1.165, 1.54) is 56.2 Å². The predicted octanol–water partition coefficient (Wildman–Crippen LogP) is 7.09. The average Bonchev–Trinajstić information content (AvgIpc) is 3.29. The van der Waals surface area contributed by atoms with Gasteiger partial charge in [-0.1, -0.05) is 111 Å². The van der Waals surface area contributed by atoms with Gasteiger partial charge < -0.3 is 5.32 Å². The van der Waals surface area contributed by atoms with Crippen molar-refractivity contribution >= 4 is 11.6 Å². The highest BCUT2D eigenvalue weighted by Gasteiger charge is 2.27. The zero-order valence-electron chi connectivity index (χ0n) is 22.4. The molecule has 7 nitrogen and oxygen atoms in total. The molecule has 1 amide bonds. The normalized spacial score (nSPS) is 12.2. The van der Waals surface area contributed by atoms with Gasteiger partial charge in [0.1, 0.15) is 0 Å². The van der Waals surface area contributed by atoms with Crippen molar-refractivity contribution in [3.63, 3.8) is 0 Å². The second-order valence-corrected chi connectivity index (χ2v) is 10.1. The van der Waals surface area contributed by atoms with Gasteiger partial charge in [-0.2, -0.15) is 10.1 Å². The molecule has 7 heteroatoms. The van der Waals surface area contributed by atoms with Crippen LogP contribution in [0.4, 0.5) is 5.69 Å². The summed E-state index contributed by atoms with van der Waals surface area (Å²) in [4.78, 5) is 14.6. The van der Waals surface area contributed by atoms with Crippen LogP contribution in [0.2, 0.25) is 0 Å². The van der Waals surface area contributed by atoms with E-state index in [1.807, 2.05) is 18.2 Å². The number of aryl methyl sites for hydroxylation is 1. The van der Waals surface area contributed by atoms with Crippen molar-refractivity contribution in [1.82, 2.24) is 20.2 Å². The number of carbonyl (C=O) groups is 1. The molecule has 0 fully saturated rings. The fourth-order valence-corrected chi connectivity index (χ4v) is 4.33. The van der Waals surface area contributed by atoms with Crippen LogP contribution in [0.15, 0.2) is 18.2 Å². The van der Waals surface area contributed by atoms with Gasteiger partial charge in [-0.25, -0.2) is 0 Å². The lowest BCUT2D eigenvalue weighted by molar-refractivity contribution is -0.116. The molecule has 0 spiro atoms. The molecule has 1 atom stereocenters.